The van der Waals surface area contributed by atoms with Crippen molar-refractivity contribution in [2.75, 3.05) is 18.6 Å². The molecule has 1 unspecified atom stereocenters. The van der Waals surface area contributed by atoms with Crippen molar-refractivity contribution in [3.63, 3.8) is 0 Å². The number of amides is 1. The van der Waals surface area contributed by atoms with Crippen molar-refractivity contribution in [2.45, 2.75) is 31.7 Å². The molecule has 110 valence electrons. The molecular weight excluding hydrogens is 268 g/mol. The highest BCUT2D eigenvalue weighted by molar-refractivity contribution is 7.98. The lowest BCUT2D eigenvalue weighted by atomic mass is 9.96. The normalized spacial score (nSPS) is 17.5. The number of rotatable bonds is 8. The molecule has 1 amide bonds. The second-order valence-electron chi connectivity index (χ2n) is 5.77. The summed E-state index contributed by atoms with van der Waals surface area (Å²) in [5.41, 5.74) is 7.51. The fourth-order valence-electron chi connectivity index (χ4n) is 2.40. The van der Waals surface area contributed by atoms with Crippen LogP contribution < -0.4 is 11.1 Å². The number of carbonyl (C=O) groups excluding carboxylic acids is 1. The van der Waals surface area contributed by atoms with E-state index in [4.69, 9.17) is 5.73 Å². The Bertz CT molecular complexity index is 431. The summed E-state index contributed by atoms with van der Waals surface area (Å²) < 4.78 is 0. The Morgan fingerprint density at radius 2 is 2.10 bits per heavy atom. The molecule has 3 nitrogen and oxygen atoms in total. The fraction of sp³-hybridized carbons (Fsp3) is 0.562. The highest BCUT2D eigenvalue weighted by Crippen LogP contribution is 2.47. The maximum atomic E-state index is 11.9. The van der Waals surface area contributed by atoms with E-state index >= 15 is 0 Å². The first kappa shape index (κ1) is 15.4. The van der Waals surface area contributed by atoms with Crippen LogP contribution in [0.25, 0.3) is 0 Å². The third kappa shape index (κ3) is 4.53. The third-order valence-electron chi connectivity index (χ3n) is 3.99. The lowest BCUT2D eigenvalue weighted by Gasteiger charge is -2.18. The maximum absolute atomic E-state index is 11.9. The first-order valence-corrected chi connectivity index (χ1v) is 8.61. The fourth-order valence-corrected chi connectivity index (χ4v) is 2.89. The van der Waals surface area contributed by atoms with Crippen molar-refractivity contribution in [3.05, 3.63) is 35.9 Å². The molecule has 2 rings (SSSR count). The molecule has 1 aromatic carbocycles. The van der Waals surface area contributed by atoms with E-state index in [1.807, 2.05) is 12.3 Å². The molecule has 0 radical (unpaired) electrons. The zero-order chi connectivity index (χ0) is 14.4. The van der Waals surface area contributed by atoms with Crippen LogP contribution in [0.4, 0.5) is 0 Å². The van der Waals surface area contributed by atoms with Crippen LogP contribution in [-0.2, 0) is 11.2 Å². The quantitative estimate of drug-likeness (QED) is 0.772. The van der Waals surface area contributed by atoms with E-state index < -0.39 is 0 Å². The minimum Gasteiger partial charge on any atom is -0.354 e. The molecule has 1 aromatic rings. The molecule has 0 heterocycles. The Balaban J connectivity index is 1.77. The van der Waals surface area contributed by atoms with Gasteiger partial charge in [-0.2, -0.15) is 11.8 Å². The molecular formula is C16H24N2OS. The van der Waals surface area contributed by atoms with Crippen molar-refractivity contribution in [1.29, 1.82) is 0 Å². The molecule has 1 fully saturated rings. The van der Waals surface area contributed by atoms with Crippen molar-refractivity contribution in [1.82, 2.24) is 5.32 Å². The average molecular weight is 292 g/mol. The summed E-state index contributed by atoms with van der Waals surface area (Å²) in [5.74, 6) is 0.933. The van der Waals surface area contributed by atoms with Crippen LogP contribution in [-0.4, -0.2) is 30.5 Å². The SMILES string of the molecule is CSCCC(N)C(=O)NCC1(Cc2ccccc2)CC1. The van der Waals surface area contributed by atoms with Gasteiger partial charge in [-0.1, -0.05) is 30.3 Å². The molecule has 0 spiro atoms. The van der Waals surface area contributed by atoms with E-state index in [1.165, 1.54) is 18.4 Å². The molecule has 0 aliphatic heterocycles. The summed E-state index contributed by atoms with van der Waals surface area (Å²) >= 11 is 1.73. The lowest BCUT2D eigenvalue weighted by molar-refractivity contribution is -0.122. The Labute approximate surface area is 125 Å². The monoisotopic (exact) mass is 292 g/mol. The summed E-state index contributed by atoms with van der Waals surface area (Å²) in [4.78, 5) is 11.9. The molecule has 20 heavy (non-hydrogen) atoms. The van der Waals surface area contributed by atoms with Gasteiger partial charge in [-0.3, -0.25) is 4.79 Å². The second-order valence-corrected chi connectivity index (χ2v) is 6.75. The molecule has 0 saturated heterocycles. The van der Waals surface area contributed by atoms with E-state index in [1.54, 1.807) is 11.8 Å². The molecule has 3 N–H and O–H groups in total. The van der Waals surface area contributed by atoms with Crippen molar-refractivity contribution >= 4 is 17.7 Å². The molecule has 0 aromatic heterocycles. The minimum atomic E-state index is -0.366. The predicted octanol–water partition coefficient (Wildman–Crippen LogP) is 2.21. The van der Waals surface area contributed by atoms with Crippen molar-refractivity contribution in [3.8, 4) is 0 Å². The predicted molar refractivity (Wildman–Crippen MR) is 85.8 cm³/mol. The number of hydrogen-bond donors (Lipinski definition) is 2. The number of hydrogen-bond acceptors (Lipinski definition) is 3. The third-order valence-corrected chi connectivity index (χ3v) is 4.63. The van der Waals surface area contributed by atoms with E-state index in [-0.39, 0.29) is 17.4 Å². The van der Waals surface area contributed by atoms with Gasteiger partial charge in [-0.25, -0.2) is 0 Å². The highest BCUT2D eigenvalue weighted by Gasteiger charge is 2.42. The van der Waals surface area contributed by atoms with Crippen LogP contribution in [0.15, 0.2) is 30.3 Å². The molecule has 1 saturated carbocycles. The Kier molecular flexibility index (Phi) is 5.49. The summed E-state index contributed by atoms with van der Waals surface area (Å²) in [6.45, 7) is 0.758. The first-order chi connectivity index (χ1) is 9.65. The summed E-state index contributed by atoms with van der Waals surface area (Å²) in [6, 6.07) is 10.1. The van der Waals surface area contributed by atoms with Gasteiger partial charge in [-0.15, -0.1) is 0 Å². The van der Waals surface area contributed by atoms with Crippen LogP contribution in [0.1, 0.15) is 24.8 Å². The van der Waals surface area contributed by atoms with Gasteiger partial charge >= 0.3 is 0 Å². The highest BCUT2D eigenvalue weighted by atomic mass is 32.2. The standard InChI is InChI=1S/C16H24N2OS/c1-20-10-7-14(17)15(19)18-12-16(8-9-16)11-13-5-3-2-4-6-13/h2-6,14H,7-12,17H2,1H3,(H,18,19). The molecule has 1 aliphatic rings. The summed E-state index contributed by atoms with van der Waals surface area (Å²) in [6.07, 6.45) is 6.22. The Morgan fingerprint density at radius 1 is 1.40 bits per heavy atom. The van der Waals surface area contributed by atoms with E-state index in [0.717, 1.165) is 25.1 Å². The van der Waals surface area contributed by atoms with Crippen LogP contribution in [0, 0.1) is 5.41 Å². The van der Waals surface area contributed by atoms with Gasteiger partial charge in [0.05, 0.1) is 6.04 Å². The van der Waals surface area contributed by atoms with Gasteiger partial charge in [-0.05, 0) is 48.7 Å². The number of nitrogens with one attached hydrogen (secondary N) is 1. The smallest absolute Gasteiger partial charge is 0.236 e. The minimum absolute atomic E-state index is 0.00149. The summed E-state index contributed by atoms with van der Waals surface area (Å²) in [5, 5.41) is 3.04. The lowest BCUT2D eigenvalue weighted by Crippen LogP contribution is -2.43. The first-order valence-electron chi connectivity index (χ1n) is 7.21. The van der Waals surface area contributed by atoms with Gasteiger partial charge in [0.2, 0.25) is 5.91 Å². The molecule has 1 aliphatic carbocycles. The number of nitrogens with two attached hydrogens (primary N) is 1. The van der Waals surface area contributed by atoms with Crippen LogP contribution in [0.3, 0.4) is 0 Å². The van der Waals surface area contributed by atoms with Gasteiger partial charge in [0.15, 0.2) is 0 Å². The van der Waals surface area contributed by atoms with Crippen LogP contribution in [0.2, 0.25) is 0 Å². The van der Waals surface area contributed by atoms with E-state index in [2.05, 4.69) is 29.6 Å². The second kappa shape index (κ2) is 7.14. The van der Waals surface area contributed by atoms with Gasteiger partial charge in [0.1, 0.15) is 0 Å². The van der Waals surface area contributed by atoms with Crippen LogP contribution in [0.5, 0.6) is 0 Å². The van der Waals surface area contributed by atoms with Crippen molar-refractivity contribution < 1.29 is 4.79 Å². The zero-order valence-electron chi connectivity index (χ0n) is 12.1. The maximum Gasteiger partial charge on any atom is 0.236 e. The van der Waals surface area contributed by atoms with E-state index in [0.29, 0.717) is 0 Å². The molecule has 0 bridgehead atoms. The molecule has 1 atom stereocenters. The number of benzene rings is 1. The van der Waals surface area contributed by atoms with E-state index in [9.17, 15) is 4.79 Å². The number of thioether (sulfide) groups is 1. The Morgan fingerprint density at radius 3 is 2.70 bits per heavy atom. The van der Waals surface area contributed by atoms with Gasteiger partial charge < -0.3 is 11.1 Å². The topological polar surface area (TPSA) is 55.1 Å². The Hall–Kier alpha value is -1.00. The zero-order valence-corrected chi connectivity index (χ0v) is 12.9. The largest absolute Gasteiger partial charge is 0.354 e. The molecule has 4 heteroatoms. The number of carbonyl (C=O) groups is 1. The van der Waals surface area contributed by atoms with Crippen LogP contribution >= 0.6 is 11.8 Å². The van der Waals surface area contributed by atoms with Crippen molar-refractivity contribution in [2.24, 2.45) is 11.1 Å². The van der Waals surface area contributed by atoms with Gasteiger partial charge in [0, 0.05) is 6.54 Å². The summed E-state index contributed by atoms with van der Waals surface area (Å²) in [7, 11) is 0. The average Bonchev–Trinajstić information content (AvgIpc) is 3.23. The van der Waals surface area contributed by atoms with Gasteiger partial charge in [0.25, 0.3) is 0 Å².